The van der Waals surface area contributed by atoms with Crippen LogP contribution in [0.3, 0.4) is 0 Å². The largest absolute Gasteiger partial charge is 0.320 e. The average Bonchev–Trinajstić information content (AvgIpc) is 1.89. The Kier molecular flexibility index (Phi) is 6.98. The van der Waals surface area contributed by atoms with Gasteiger partial charge in [-0.05, 0) is 26.4 Å². The van der Waals surface area contributed by atoms with Gasteiger partial charge < -0.3 is 5.32 Å². The maximum atomic E-state index is 3.58. The molecule has 0 aliphatic carbocycles. The van der Waals surface area contributed by atoms with E-state index in [4.69, 9.17) is 0 Å². The molecule has 0 amide bonds. The van der Waals surface area contributed by atoms with E-state index in [1.54, 1.807) is 6.08 Å². The summed E-state index contributed by atoms with van der Waals surface area (Å²) in [7, 11) is 1.97. The normalized spacial score (nSPS) is 10.3. The highest BCUT2D eigenvalue weighted by Crippen LogP contribution is 1.87. The zero-order chi connectivity index (χ0) is 6.95. The number of hydrogen-bond acceptors (Lipinski definition) is 1. The Morgan fingerprint density at radius 2 is 2.33 bits per heavy atom. The summed E-state index contributed by atoms with van der Waals surface area (Å²) in [6, 6.07) is 0. The smallest absolute Gasteiger partial charge is 0.00490 e. The van der Waals surface area contributed by atoms with Crippen molar-refractivity contribution in [3.05, 3.63) is 24.8 Å². The minimum Gasteiger partial charge on any atom is -0.320 e. The van der Waals surface area contributed by atoms with E-state index in [1.807, 2.05) is 13.1 Å². The van der Waals surface area contributed by atoms with Gasteiger partial charge >= 0.3 is 0 Å². The summed E-state index contributed by atoms with van der Waals surface area (Å²) in [5, 5.41) is 3.08. The molecule has 0 aliphatic rings. The zero-order valence-electron chi connectivity index (χ0n) is 6.06. The van der Waals surface area contributed by atoms with Crippen molar-refractivity contribution >= 4 is 0 Å². The molecule has 0 unspecified atom stereocenters. The minimum atomic E-state index is 1.10. The Labute approximate surface area is 57.5 Å². The topological polar surface area (TPSA) is 12.0 Å². The summed E-state index contributed by atoms with van der Waals surface area (Å²) in [6.07, 6.45) is 8.27. The van der Waals surface area contributed by atoms with Crippen LogP contribution in [0.5, 0.6) is 0 Å². The molecule has 0 heterocycles. The van der Waals surface area contributed by atoms with Gasteiger partial charge in [0, 0.05) is 0 Å². The first-order chi connectivity index (χ1) is 4.41. The molecule has 0 saturated heterocycles. The van der Waals surface area contributed by atoms with Crippen LogP contribution in [0, 0.1) is 0 Å². The molecular formula is C8H15N. The van der Waals surface area contributed by atoms with Crippen molar-refractivity contribution in [3.8, 4) is 0 Å². The molecule has 0 bridgehead atoms. The highest BCUT2D eigenvalue weighted by atomic mass is 14.8. The number of nitrogens with one attached hydrogen (secondary N) is 1. The molecule has 52 valence electrons. The first kappa shape index (κ1) is 8.44. The van der Waals surface area contributed by atoms with E-state index < -0.39 is 0 Å². The third kappa shape index (κ3) is 7.44. The summed E-state index contributed by atoms with van der Waals surface area (Å²) >= 11 is 0. The average molecular weight is 125 g/mol. The van der Waals surface area contributed by atoms with E-state index in [0.717, 1.165) is 13.0 Å². The third-order valence-electron chi connectivity index (χ3n) is 1.07. The van der Waals surface area contributed by atoms with Crippen molar-refractivity contribution in [1.29, 1.82) is 0 Å². The number of unbranched alkanes of at least 4 members (excludes halogenated alkanes) is 1. The van der Waals surface area contributed by atoms with Crippen molar-refractivity contribution in [2.75, 3.05) is 13.6 Å². The molecule has 0 fully saturated rings. The molecule has 0 atom stereocenters. The van der Waals surface area contributed by atoms with Crippen LogP contribution in [-0.4, -0.2) is 13.6 Å². The molecule has 1 nitrogen and oxygen atoms in total. The first-order valence-electron chi connectivity index (χ1n) is 3.34. The number of hydrogen-bond donors (Lipinski definition) is 1. The Morgan fingerprint density at radius 1 is 1.56 bits per heavy atom. The highest BCUT2D eigenvalue weighted by molar-refractivity contribution is 4.96. The van der Waals surface area contributed by atoms with Crippen molar-refractivity contribution in [1.82, 2.24) is 5.32 Å². The van der Waals surface area contributed by atoms with Gasteiger partial charge in [-0.1, -0.05) is 24.8 Å². The molecule has 0 aromatic carbocycles. The minimum absolute atomic E-state index is 1.10. The van der Waals surface area contributed by atoms with Gasteiger partial charge in [0.1, 0.15) is 0 Å². The lowest BCUT2D eigenvalue weighted by molar-refractivity contribution is 0.735. The quantitative estimate of drug-likeness (QED) is 0.436. The molecule has 1 N–H and O–H groups in total. The molecular weight excluding hydrogens is 110 g/mol. The fraction of sp³-hybridized carbons (Fsp3) is 0.500. The molecule has 1 heteroatoms. The molecule has 9 heavy (non-hydrogen) atoms. The van der Waals surface area contributed by atoms with Crippen LogP contribution in [0.4, 0.5) is 0 Å². The van der Waals surface area contributed by atoms with Crippen molar-refractivity contribution in [2.45, 2.75) is 12.8 Å². The van der Waals surface area contributed by atoms with Crippen molar-refractivity contribution in [3.63, 3.8) is 0 Å². The van der Waals surface area contributed by atoms with E-state index in [9.17, 15) is 0 Å². The predicted octanol–water partition coefficient (Wildman–Crippen LogP) is 1.73. The molecule has 0 spiro atoms. The number of allylic oxidation sites excluding steroid dienone is 3. The van der Waals surface area contributed by atoms with Gasteiger partial charge in [-0.15, -0.1) is 0 Å². The predicted molar refractivity (Wildman–Crippen MR) is 42.5 cm³/mol. The van der Waals surface area contributed by atoms with Crippen LogP contribution in [-0.2, 0) is 0 Å². The molecule has 0 aromatic rings. The first-order valence-corrected chi connectivity index (χ1v) is 3.34. The van der Waals surface area contributed by atoms with E-state index in [2.05, 4.69) is 18.0 Å². The lowest BCUT2D eigenvalue weighted by Crippen LogP contribution is -2.06. The second-order valence-corrected chi connectivity index (χ2v) is 1.91. The SMILES string of the molecule is C=C/C=C\CCCNC. The van der Waals surface area contributed by atoms with Crippen LogP contribution in [0.25, 0.3) is 0 Å². The van der Waals surface area contributed by atoms with Crippen LogP contribution in [0.15, 0.2) is 24.8 Å². The standard InChI is InChI=1S/C8H15N/c1-3-4-5-6-7-8-9-2/h3-5,9H,1,6-8H2,2H3/b5-4-. The summed E-state index contributed by atoms with van der Waals surface area (Å²) in [5.41, 5.74) is 0. The van der Waals surface area contributed by atoms with Crippen LogP contribution in [0.1, 0.15) is 12.8 Å². The Morgan fingerprint density at radius 3 is 2.89 bits per heavy atom. The Bertz CT molecular complexity index is 84.6. The second-order valence-electron chi connectivity index (χ2n) is 1.91. The van der Waals surface area contributed by atoms with Gasteiger partial charge in [0.05, 0.1) is 0 Å². The summed E-state index contributed by atoms with van der Waals surface area (Å²) in [5.74, 6) is 0. The van der Waals surface area contributed by atoms with Crippen LogP contribution in [0.2, 0.25) is 0 Å². The fourth-order valence-corrected chi connectivity index (χ4v) is 0.589. The van der Waals surface area contributed by atoms with Gasteiger partial charge in [-0.25, -0.2) is 0 Å². The van der Waals surface area contributed by atoms with E-state index in [1.165, 1.54) is 6.42 Å². The third-order valence-corrected chi connectivity index (χ3v) is 1.07. The van der Waals surface area contributed by atoms with E-state index in [0.29, 0.717) is 0 Å². The molecule has 0 aromatic heterocycles. The highest BCUT2D eigenvalue weighted by Gasteiger charge is 1.77. The summed E-state index contributed by atoms with van der Waals surface area (Å²) in [6.45, 7) is 4.67. The van der Waals surface area contributed by atoms with Crippen LogP contribution < -0.4 is 5.32 Å². The van der Waals surface area contributed by atoms with Gasteiger partial charge in [0.2, 0.25) is 0 Å². The number of rotatable bonds is 5. The molecule has 0 radical (unpaired) electrons. The Hall–Kier alpha value is -0.560. The maximum absolute atomic E-state index is 3.58. The fourth-order valence-electron chi connectivity index (χ4n) is 0.589. The van der Waals surface area contributed by atoms with Gasteiger partial charge in [0.25, 0.3) is 0 Å². The van der Waals surface area contributed by atoms with Gasteiger partial charge in [0.15, 0.2) is 0 Å². The molecule has 0 saturated carbocycles. The van der Waals surface area contributed by atoms with Crippen molar-refractivity contribution in [2.24, 2.45) is 0 Å². The second kappa shape index (κ2) is 7.44. The zero-order valence-corrected chi connectivity index (χ0v) is 6.06. The summed E-state index contributed by atoms with van der Waals surface area (Å²) < 4.78 is 0. The van der Waals surface area contributed by atoms with E-state index >= 15 is 0 Å². The molecule has 0 rings (SSSR count). The van der Waals surface area contributed by atoms with Crippen molar-refractivity contribution < 1.29 is 0 Å². The van der Waals surface area contributed by atoms with Gasteiger partial charge in [-0.2, -0.15) is 0 Å². The van der Waals surface area contributed by atoms with Crippen LogP contribution >= 0.6 is 0 Å². The lowest BCUT2D eigenvalue weighted by Gasteiger charge is -1.91. The lowest BCUT2D eigenvalue weighted by atomic mass is 10.3. The maximum Gasteiger partial charge on any atom is -0.00490 e. The molecule has 0 aliphatic heterocycles. The monoisotopic (exact) mass is 125 g/mol. The van der Waals surface area contributed by atoms with E-state index in [-0.39, 0.29) is 0 Å². The summed E-state index contributed by atoms with van der Waals surface area (Å²) in [4.78, 5) is 0. The van der Waals surface area contributed by atoms with Gasteiger partial charge in [-0.3, -0.25) is 0 Å². The Balaban J connectivity index is 2.90.